The Morgan fingerprint density at radius 1 is 1.10 bits per heavy atom. The third kappa shape index (κ3) is 4.08. The second-order valence-electron chi connectivity index (χ2n) is 5.11. The summed E-state index contributed by atoms with van der Waals surface area (Å²) in [5.74, 6) is -0.0578. The van der Waals surface area contributed by atoms with Crippen LogP contribution in [0.15, 0.2) is 40.9 Å². The molecule has 2 aromatic carbocycles. The Kier molecular flexibility index (Phi) is 5.02. The van der Waals surface area contributed by atoms with Gasteiger partial charge in [-0.1, -0.05) is 28.1 Å². The summed E-state index contributed by atoms with van der Waals surface area (Å²) in [5, 5.41) is 6.07. The molecule has 0 fully saturated rings. The third-order valence-electron chi connectivity index (χ3n) is 3.49. The quantitative estimate of drug-likeness (QED) is 0.859. The maximum atomic E-state index is 12.0. The van der Waals surface area contributed by atoms with Crippen molar-refractivity contribution >= 4 is 33.2 Å². The summed E-state index contributed by atoms with van der Waals surface area (Å²) < 4.78 is 1.04. The number of halogens is 1. The van der Waals surface area contributed by atoms with Gasteiger partial charge in [0.1, 0.15) is 0 Å². The fraction of sp³-hybridized carbons (Fsp3) is 0.235. The molecule has 0 aliphatic heterocycles. The lowest BCUT2D eigenvalue weighted by Crippen LogP contribution is -2.22. The Balaban J connectivity index is 1.96. The van der Waals surface area contributed by atoms with Crippen molar-refractivity contribution in [1.82, 2.24) is 0 Å². The van der Waals surface area contributed by atoms with Gasteiger partial charge in [-0.25, -0.2) is 0 Å². The van der Waals surface area contributed by atoms with Crippen LogP contribution < -0.4 is 10.6 Å². The highest BCUT2D eigenvalue weighted by atomic mass is 79.9. The molecule has 0 unspecified atom stereocenters. The third-order valence-corrected chi connectivity index (χ3v) is 4.38. The Morgan fingerprint density at radius 3 is 2.57 bits per heavy atom. The van der Waals surface area contributed by atoms with Crippen molar-refractivity contribution in [2.45, 2.75) is 20.8 Å². The van der Waals surface area contributed by atoms with Gasteiger partial charge < -0.3 is 10.6 Å². The van der Waals surface area contributed by atoms with Crippen molar-refractivity contribution in [3.63, 3.8) is 0 Å². The van der Waals surface area contributed by atoms with E-state index < -0.39 is 0 Å². The van der Waals surface area contributed by atoms with Crippen molar-refractivity contribution in [2.75, 3.05) is 17.2 Å². The van der Waals surface area contributed by atoms with E-state index >= 15 is 0 Å². The molecule has 0 atom stereocenters. The maximum absolute atomic E-state index is 12.0. The van der Waals surface area contributed by atoms with Crippen molar-refractivity contribution in [1.29, 1.82) is 0 Å². The molecule has 0 aromatic heterocycles. The highest BCUT2D eigenvalue weighted by Gasteiger charge is 2.05. The molecule has 2 N–H and O–H groups in total. The minimum atomic E-state index is -0.0578. The van der Waals surface area contributed by atoms with Gasteiger partial charge in [-0.3, -0.25) is 4.79 Å². The van der Waals surface area contributed by atoms with E-state index in [-0.39, 0.29) is 12.5 Å². The fourth-order valence-corrected chi connectivity index (χ4v) is 2.29. The van der Waals surface area contributed by atoms with Crippen LogP contribution in [0.25, 0.3) is 0 Å². The molecule has 3 nitrogen and oxygen atoms in total. The Hall–Kier alpha value is -1.81. The van der Waals surface area contributed by atoms with Crippen LogP contribution in [-0.2, 0) is 4.79 Å². The summed E-state index contributed by atoms with van der Waals surface area (Å²) >= 11 is 3.45. The molecule has 21 heavy (non-hydrogen) atoms. The molecule has 0 heterocycles. The van der Waals surface area contributed by atoms with Crippen LogP contribution in [0.4, 0.5) is 11.4 Å². The van der Waals surface area contributed by atoms with E-state index in [1.54, 1.807) is 0 Å². The summed E-state index contributed by atoms with van der Waals surface area (Å²) in [4.78, 5) is 12.0. The predicted molar refractivity (Wildman–Crippen MR) is 91.9 cm³/mol. The van der Waals surface area contributed by atoms with Gasteiger partial charge in [-0.15, -0.1) is 0 Å². The van der Waals surface area contributed by atoms with E-state index in [9.17, 15) is 4.79 Å². The zero-order valence-corrected chi connectivity index (χ0v) is 14.0. The summed E-state index contributed by atoms with van der Waals surface area (Å²) in [6.07, 6.45) is 0. The standard InChI is InChI=1S/C17H19BrN2O/c1-11-5-4-6-16(13(11)3)19-10-17(21)20-14-7-8-15(18)12(2)9-14/h4-9,19H,10H2,1-3H3,(H,20,21). The molecule has 0 aliphatic carbocycles. The lowest BCUT2D eigenvalue weighted by molar-refractivity contribution is -0.114. The number of benzene rings is 2. The number of aryl methyl sites for hydroxylation is 2. The predicted octanol–water partition coefficient (Wildman–Crippen LogP) is 4.42. The van der Waals surface area contributed by atoms with Gasteiger partial charge in [0, 0.05) is 15.8 Å². The van der Waals surface area contributed by atoms with Crippen molar-refractivity contribution in [3.05, 3.63) is 57.6 Å². The van der Waals surface area contributed by atoms with Gasteiger partial charge in [0.15, 0.2) is 0 Å². The van der Waals surface area contributed by atoms with Crippen molar-refractivity contribution in [3.8, 4) is 0 Å². The molecule has 0 saturated heterocycles. The molecule has 0 radical (unpaired) electrons. The molecular weight excluding hydrogens is 328 g/mol. The van der Waals surface area contributed by atoms with E-state index in [1.807, 2.05) is 44.2 Å². The van der Waals surface area contributed by atoms with Crippen LogP contribution in [0.3, 0.4) is 0 Å². The first-order valence-electron chi connectivity index (χ1n) is 6.83. The monoisotopic (exact) mass is 346 g/mol. The lowest BCUT2D eigenvalue weighted by atomic mass is 10.1. The molecule has 110 valence electrons. The van der Waals surface area contributed by atoms with E-state index in [1.165, 1.54) is 11.1 Å². The number of carbonyl (C=O) groups excluding carboxylic acids is 1. The first-order valence-corrected chi connectivity index (χ1v) is 7.63. The van der Waals surface area contributed by atoms with Gasteiger partial charge in [0.2, 0.25) is 5.91 Å². The van der Waals surface area contributed by atoms with Gasteiger partial charge in [-0.2, -0.15) is 0 Å². The normalized spacial score (nSPS) is 10.3. The van der Waals surface area contributed by atoms with E-state index in [2.05, 4.69) is 39.6 Å². The Morgan fingerprint density at radius 2 is 1.86 bits per heavy atom. The molecule has 2 rings (SSSR count). The number of nitrogens with one attached hydrogen (secondary N) is 2. The average molecular weight is 347 g/mol. The molecule has 0 bridgehead atoms. The zero-order chi connectivity index (χ0) is 15.4. The first kappa shape index (κ1) is 15.6. The highest BCUT2D eigenvalue weighted by Crippen LogP contribution is 2.20. The van der Waals surface area contributed by atoms with Gasteiger partial charge in [0.05, 0.1) is 6.54 Å². The molecule has 2 aromatic rings. The SMILES string of the molecule is Cc1cc(NC(=O)CNc2cccc(C)c2C)ccc1Br. The summed E-state index contributed by atoms with van der Waals surface area (Å²) in [7, 11) is 0. The molecule has 0 aliphatic rings. The fourth-order valence-electron chi connectivity index (χ4n) is 2.05. The van der Waals surface area contributed by atoms with Gasteiger partial charge in [-0.05, 0) is 61.7 Å². The van der Waals surface area contributed by atoms with Gasteiger partial charge >= 0.3 is 0 Å². The summed E-state index contributed by atoms with van der Waals surface area (Å²) in [6, 6.07) is 11.8. The molecule has 1 amide bonds. The topological polar surface area (TPSA) is 41.1 Å². The van der Waals surface area contributed by atoms with Crippen LogP contribution in [-0.4, -0.2) is 12.5 Å². The summed E-state index contributed by atoms with van der Waals surface area (Å²) in [5.41, 5.74) is 5.28. The number of carbonyl (C=O) groups is 1. The highest BCUT2D eigenvalue weighted by molar-refractivity contribution is 9.10. The number of hydrogen-bond acceptors (Lipinski definition) is 2. The summed E-state index contributed by atoms with van der Waals surface area (Å²) in [6.45, 7) is 6.35. The molecule has 4 heteroatoms. The second-order valence-corrected chi connectivity index (χ2v) is 5.97. The van der Waals surface area contributed by atoms with Crippen LogP contribution in [0.2, 0.25) is 0 Å². The minimum Gasteiger partial charge on any atom is -0.376 e. The average Bonchev–Trinajstić information content (AvgIpc) is 2.44. The van der Waals surface area contributed by atoms with Crippen LogP contribution in [0.5, 0.6) is 0 Å². The largest absolute Gasteiger partial charge is 0.376 e. The molecule has 0 saturated carbocycles. The number of anilines is 2. The van der Waals surface area contributed by atoms with E-state index in [0.29, 0.717) is 0 Å². The molecular formula is C17H19BrN2O. The van der Waals surface area contributed by atoms with Crippen LogP contribution in [0.1, 0.15) is 16.7 Å². The zero-order valence-electron chi connectivity index (χ0n) is 12.5. The van der Waals surface area contributed by atoms with E-state index in [0.717, 1.165) is 21.4 Å². The maximum Gasteiger partial charge on any atom is 0.243 e. The van der Waals surface area contributed by atoms with Crippen LogP contribution >= 0.6 is 15.9 Å². The number of hydrogen-bond donors (Lipinski definition) is 2. The lowest BCUT2D eigenvalue weighted by Gasteiger charge is -2.12. The van der Waals surface area contributed by atoms with Crippen molar-refractivity contribution < 1.29 is 4.79 Å². The van der Waals surface area contributed by atoms with E-state index in [4.69, 9.17) is 0 Å². The number of rotatable bonds is 4. The first-order chi connectivity index (χ1) is 9.97. The minimum absolute atomic E-state index is 0.0578. The molecule has 0 spiro atoms. The number of amides is 1. The Labute approximate surface area is 133 Å². The van der Waals surface area contributed by atoms with Crippen LogP contribution in [0, 0.1) is 20.8 Å². The Bertz CT molecular complexity index is 668. The van der Waals surface area contributed by atoms with Crippen molar-refractivity contribution in [2.24, 2.45) is 0 Å². The second kappa shape index (κ2) is 6.76. The van der Waals surface area contributed by atoms with Gasteiger partial charge in [0.25, 0.3) is 0 Å². The smallest absolute Gasteiger partial charge is 0.243 e.